The maximum Gasteiger partial charge on any atom is 0.130 e. The van der Waals surface area contributed by atoms with E-state index in [0.717, 1.165) is 19.4 Å². The fourth-order valence-electron chi connectivity index (χ4n) is 2.81. The maximum absolute atomic E-state index is 13.5. The van der Waals surface area contributed by atoms with Gasteiger partial charge in [0, 0.05) is 24.5 Å². The fraction of sp³-hybridized carbons (Fsp3) is 0.600. The zero-order valence-electron chi connectivity index (χ0n) is 11.0. The predicted octanol–water partition coefficient (Wildman–Crippen LogP) is 4.24. The molecule has 106 valence electrons. The van der Waals surface area contributed by atoms with Gasteiger partial charge in [-0.1, -0.05) is 25.3 Å². The van der Waals surface area contributed by atoms with Crippen molar-refractivity contribution in [2.45, 2.75) is 38.6 Å². The minimum atomic E-state index is -0.490. The van der Waals surface area contributed by atoms with Gasteiger partial charge in [-0.2, -0.15) is 0 Å². The molecule has 0 saturated heterocycles. The molecule has 0 atom stereocenters. The lowest BCUT2D eigenvalue weighted by molar-refractivity contribution is 0.211. The molecule has 1 aliphatic rings. The molecule has 0 spiro atoms. The van der Waals surface area contributed by atoms with Crippen molar-refractivity contribution >= 4 is 11.6 Å². The number of alkyl halides is 1. The summed E-state index contributed by atoms with van der Waals surface area (Å²) in [6.07, 6.45) is 5.86. The van der Waals surface area contributed by atoms with Crippen LogP contribution in [-0.2, 0) is 6.54 Å². The summed E-state index contributed by atoms with van der Waals surface area (Å²) >= 11 is 6.09. The first-order valence-corrected chi connectivity index (χ1v) is 7.40. The van der Waals surface area contributed by atoms with Crippen LogP contribution in [0.5, 0.6) is 0 Å². The molecule has 1 aromatic carbocycles. The minimum Gasteiger partial charge on any atom is -0.312 e. The monoisotopic (exact) mass is 287 g/mol. The van der Waals surface area contributed by atoms with Crippen LogP contribution in [0, 0.1) is 17.0 Å². The zero-order chi connectivity index (χ0) is 13.7. The Morgan fingerprint density at radius 3 is 2.32 bits per heavy atom. The minimum absolute atomic E-state index is 0.0987. The standard InChI is InChI=1S/C15H20ClF2N/c16-10-15(7-2-1-3-8-15)11-19-9-12-13(17)5-4-6-14(12)18/h4-6,19H,1-3,7-11H2. The molecule has 0 unspecified atom stereocenters. The summed E-state index contributed by atoms with van der Waals surface area (Å²) in [5, 5.41) is 3.18. The Bertz CT molecular complexity index is 396. The van der Waals surface area contributed by atoms with E-state index in [0.29, 0.717) is 5.88 Å². The molecule has 1 aromatic rings. The molecule has 1 nitrogen and oxygen atoms in total. The highest BCUT2D eigenvalue weighted by molar-refractivity contribution is 6.18. The van der Waals surface area contributed by atoms with Crippen LogP contribution in [0.25, 0.3) is 0 Å². The van der Waals surface area contributed by atoms with Crippen LogP contribution in [0.2, 0.25) is 0 Å². The normalized spacial score (nSPS) is 18.5. The van der Waals surface area contributed by atoms with Gasteiger partial charge in [0.05, 0.1) is 0 Å². The largest absolute Gasteiger partial charge is 0.312 e. The van der Waals surface area contributed by atoms with E-state index in [9.17, 15) is 8.78 Å². The summed E-state index contributed by atoms with van der Waals surface area (Å²) in [4.78, 5) is 0. The molecule has 1 aliphatic carbocycles. The molecule has 2 rings (SSSR count). The van der Waals surface area contributed by atoms with E-state index in [1.807, 2.05) is 0 Å². The third kappa shape index (κ3) is 3.67. The van der Waals surface area contributed by atoms with E-state index in [1.165, 1.54) is 37.5 Å². The van der Waals surface area contributed by atoms with Gasteiger partial charge in [0.2, 0.25) is 0 Å². The van der Waals surface area contributed by atoms with E-state index in [-0.39, 0.29) is 17.5 Å². The Balaban J connectivity index is 1.92. The van der Waals surface area contributed by atoms with Crippen LogP contribution in [-0.4, -0.2) is 12.4 Å². The average molecular weight is 288 g/mol. The first kappa shape index (κ1) is 14.7. The smallest absolute Gasteiger partial charge is 0.130 e. The predicted molar refractivity (Wildman–Crippen MR) is 74.3 cm³/mol. The van der Waals surface area contributed by atoms with Gasteiger partial charge < -0.3 is 5.32 Å². The fourth-order valence-corrected chi connectivity index (χ4v) is 3.18. The van der Waals surface area contributed by atoms with E-state index >= 15 is 0 Å². The molecule has 0 bridgehead atoms. The number of hydrogen-bond donors (Lipinski definition) is 1. The molecule has 1 fully saturated rings. The van der Waals surface area contributed by atoms with Crippen LogP contribution in [0.4, 0.5) is 8.78 Å². The summed E-state index contributed by atoms with van der Waals surface area (Å²) in [7, 11) is 0. The molecule has 4 heteroatoms. The topological polar surface area (TPSA) is 12.0 Å². The molecule has 19 heavy (non-hydrogen) atoms. The number of hydrogen-bond acceptors (Lipinski definition) is 1. The second-order valence-corrected chi connectivity index (χ2v) is 5.77. The Labute approximate surface area is 118 Å². The molecular weight excluding hydrogens is 268 g/mol. The van der Waals surface area contributed by atoms with Gasteiger partial charge in [0.1, 0.15) is 11.6 Å². The molecule has 0 aromatic heterocycles. The second-order valence-electron chi connectivity index (χ2n) is 5.50. The van der Waals surface area contributed by atoms with E-state index in [4.69, 9.17) is 11.6 Å². The first-order chi connectivity index (χ1) is 9.17. The van der Waals surface area contributed by atoms with Crippen molar-refractivity contribution < 1.29 is 8.78 Å². The van der Waals surface area contributed by atoms with Crippen LogP contribution < -0.4 is 5.32 Å². The zero-order valence-corrected chi connectivity index (χ0v) is 11.8. The Morgan fingerprint density at radius 1 is 1.11 bits per heavy atom. The highest BCUT2D eigenvalue weighted by atomic mass is 35.5. The van der Waals surface area contributed by atoms with Gasteiger partial charge in [0.15, 0.2) is 0 Å². The van der Waals surface area contributed by atoms with E-state index < -0.39 is 11.6 Å². The van der Waals surface area contributed by atoms with Crippen molar-refractivity contribution in [2.24, 2.45) is 5.41 Å². The SMILES string of the molecule is Fc1cccc(F)c1CNCC1(CCl)CCCCC1. The molecule has 0 radical (unpaired) electrons. The third-order valence-corrected chi connectivity index (χ3v) is 4.63. The van der Waals surface area contributed by atoms with Crippen LogP contribution in [0.15, 0.2) is 18.2 Å². The van der Waals surface area contributed by atoms with E-state index in [1.54, 1.807) is 0 Å². The van der Waals surface area contributed by atoms with Crippen molar-refractivity contribution in [3.8, 4) is 0 Å². The lowest BCUT2D eigenvalue weighted by Crippen LogP contribution is -2.37. The van der Waals surface area contributed by atoms with Gasteiger partial charge in [0.25, 0.3) is 0 Å². The Kier molecular flexibility index (Phi) is 5.17. The van der Waals surface area contributed by atoms with Crippen LogP contribution in [0.1, 0.15) is 37.7 Å². The van der Waals surface area contributed by atoms with Crippen LogP contribution >= 0.6 is 11.6 Å². The highest BCUT2D eigenvalue weighted by Gasteiger charge is 2.30. The Morgan fingerprint density at radius 2 is 1.74 bits per heavy atom. The molecule has 0 amide bonds. The third-order valence-electron chi connectivity index (χ3n) is 4.06. The average Bonchev–Trinajstić information content (AvgIpc) is 2.43. The number of halogens is 3. The summed E-state index contributed by atoms with van der Waals surface area (Å²) in [6.45, 7) is 0.946. The highest BCUT2D eigenvalue weighted by Crippen LogP contribution is 2.36. The molecular formula is C15H20ClF2N. The first-order valence-electron chi connectivity index (χ1n) is 6.86. The maximum atomic E-state index is 13.5. The summed E-state index contributed by atoms with van der Waals surface area (Å²) in [5.74, 6) is -0.369. The van der Waals surface area contributed by atoms with Crippen molar-refractivity contribution in [1.29, 1.82) is 0 Å². The van der Waals surface area contributed by atoms with Gasteiger partial charge in [-0.25, -0.2) is 8.78 Å². The van der Waals surface area contributed by atoms with Crippen molar-refractivity contribution in [3.63, 3.8) is 0 Å². The van der Waals surface area contributed by atoms with Gasteiger partial charge in [-0.3, -0.25) is 0 Å². The Hall–Kier alpha value is -0.670. The number of benzene rings is 1. The quantitative estimate of drug-likeness (QED) is 0.799. The summed E-state index contributed by atoms with van der Waals surface area (Å²) < 4.78 is 27.0. The number of nitrogens with one attached hydrogen (secondary N) is 1. The van der Waals surface area contributed by atoms with E-state index in [2.05, 4.69) is 5.32 Å². The molecule has 0 heterocycles. The molecule has 1 saturated carbocycles. The van der Waals surface area contributed by atoms with Gasteiger partial charge in [-0.15, -0.1) is 11.6 Å². The van der Waals surface area contributed by atoms with Gasteiger partial charge >= 0.3 is 0 Å². The molecule has 0 aliphatic heterocycles. The molecule has 1 N–H and O–H groups in total. The second kappa shape index (κ2) is 6.67. The summed E-state index contributed by atoms with van der Waals surface area (Å²) in [5.41, 5.74) is 0.213. The number of rotatable bonds is 5. The summed E-state index contributed by atoms with van der Waals surface area (Å²) in [6, 6.07) is 3.96. The van der Waals surface area contributed by atoms with Crippen molar-refractivity contribution in [1.82, 2.24) is 5.32 Å². The van der Waals surface area contributed by atoms with Crippen molar-refractivity contribution in [2.75, 3.05) is 12.4 Å². The van der Waals surface area contributed by atoms with Crippen LogP contribution in [0.3, 0.4) is 0 Å². The van der Waals surface area contributed by atoms with Crippen molar-refractivity contribution in [3.05, 3.63) is 35.4 Å². The lowest BCUT2D eigenvalue weighted by Gasteiger charge is -2.35. The van der Waals surface area contributed by atoms with Gasteiger partial charge in [-0.05, 0) is 30.4 Å². The lowest BCUT2D eigenvalue weighted by atomic mass is 9.75.